The van der Waals surface area contributed by atoms with E-state index < -0.39 is 30.1 Å². The van der Waals surface area contributed by atoms with Gasteiger partial charge in [-0.15, -0.1) is 0 Å². The van der Waals surface area contributed by atoms with E-state index in [1.807, 2.05) is 0 Å². The third-order valence-electron chi connectivity index (χ3n) is 4.23. The molecule has 1 unspecified atom stereocenters. The number of halogens is 4. The standard InChI is InChI=1S/C17H16F4N2O2/c1-16(24,8-22)13-6-11-12(17(19,20)21)7-25-15(11)14(23-13)9-2-4-10(18)5-3-9/h2-6,12,24H,7-8,22H2,1H3/t12-,16?/m1/s1. The highest BCUT2D eigenvalue weighted by Crippen LogP contribution is 2.48. The number of ether oxygens (including phenoxy) is 1. The minimum Gasteiger partial charge on any atom is -0.490 e. The molecule has 1 aliphatic heterocycles. The maximum atomic E-state index is 13.3. The average molecular weight is 356 g/mol. The molecule has 0 saturated heterocycles. The highest BCUT2D eigenvalue weighted by molar-refractivity contribution is 5.70. The van der Waals surface area contributed by atoms with Gasteiger partial charge in [-0.3, -0.25) is 0 Å². The number of aromatic nitrogens is 1. The molecular weight excluding hydrogens is 340 g/mol. The molecule has 0 bridgehead atoms. The molecule has 4 nitrogen and oxygen atoms in total. The Kier molecular flexibility index (Phi) is 4.20. The number of fused-ring (bicyclic) bond motifs is 1. The molecule has 1 aliphatic rings. The molecule has 25 heavy (non-hydrogen) atoms. The lowest BCUT2D eigenvalue weighted by atomic mass is 9.93. The normalized spacial score (nSPS) is 19.2. The number of nitrogens with zero attached hydrogens (tertiary/aromatic N) is 1. The molecule has 2 heterocycles. The van der Waals surface area contributed by atoms with E-state index in [2.05, 4.69) is 4.98 Å². The van der Waals surface area contributed by atoms with Crippen LogP contribution in [-0.4, -0.2) is 29.4 Å². The summed E-state index contributed by atoms with van der Waals surface area (Å²) in [5, 5.41) is 10.4. The van der Waals surface area contributed by atoms with Crippen LogP contribution >= 0.6 is 0 Å². The summed E-state index contributed by atoms with van der Waals surface area (Å²) in [5.74, 6) is -2.32. The average Bonchev–Trinajstić information content (AvgIpc) is 2.99. The lowest BCUT2D eigenvalue weighted by Gasteiger charge is -2.23. The zero-order valence-corrected chi connectivity index (χ0v) is 13.3. The smallest absolute Gasteiger partial charge is 0.399 e. The van der Waals surface area contributed by atoms with Crippen LogP contribution in [0.25, 0.3) is 11.3 Å². The topological polar surface area (TPSA) is 68.4 Å². The van der Waals surface area contributed by atoms with Crippen molar-refractivity contribution < 1.29 is 27.4 Å². The molecule has 0 aliphatic carbocycles. The summed E-state index contributed by atoms with van der Waals surface area (Å²) in [4.78, 5) is 4.26. The first kappa shape index (κ1) is 17.6. The lowest BCUT2D eigenvalue weighted by Crippen LogP contribution is -2.32. The van der Waals surface area contributed by atoms with E-state index in [1.165, 1.54) is 37.3 Å². The van der Waals surface area contributed by atoms with Crippen molar-refractivity contribution in [2.24, 2.45) is 5.73 Å². The largest absolute Gasteiger partial charge is 0.490 e. The molecule has 0 spiro atoms. The number of alkyl halides is 3. The maximum absolute atomic E-state index is 13.3. The van der Waals surface area contributed by atoms with Gasteiger partial charge in [0.1, 0.15) is 35.4 Å². The van der Waals surface area contributed by atoms with Gasteiger partial charge in [0.05, 0.1) is 5.69 Å². The molecule has 0 amide bonds. The molecule has 0 radical (unpaired) electrons. The summed E-state index contributed by atoms with van der Waals surface area (Å²) >= 11 is 0. The second-order valence-corrected chi connectivity index (χ2v) is 6.16. The lowest BCUT2D eigenvalue weighted by molar-refractivity contribution is -0.151. The van der Waals surface area contributed by atoms with E-state index in [9.17, 15) is 22.7 Å². The zero-order chi connectivity index (χ0) is 18.4. The quantitative estimate of drug-likeness (QED) is 0.830. The molecule has 2 aromatic rings. The second-order valence-electron chi connectivity index (χ2n) is 6.16. The summed E-state index contributed by atoms with van der Waals surface area (Å²) in [6, 6.07) is 6.31. The van der Waals surface area contributed by atoms with Crippen molar-refractivity contribution in [3.05, 3.63) is 47.4 Å². The predicted molar refractivity (Wildman–Crippen MR) is 82.5 cm³/mol. The minimum absolute atomic E-state index is 0.00725. The number of hydrogen-bond acceptors (Lipinski definition) is 4. The van der Waals surface area contributed by atoms with Gasteiger partial charge in [-0.25, -0.2) is 9.37 Å². The van der Waals surface area contributed by atoms with Crippen molar-refractivity contribution in [3.8, 4) is 17.0 Å². The number of aliphatic hydroxyl groups is 1. The molecular formula is C17H16F4N2O2. The molecule has 134 valence electrons. The van der Waals surface area contributed by atoms with E-state index in [0.717, 1.165) is 0 Å². The zero-order valence-electron chi connectivity index (χ0n) is 13.3. The van der Waals surface area contributed by atoms with Gasteiger partial charge in [0, 0.05) is 17.7 Å². The maximum Gasteiger partial charge on any atom is 0.399 e. The number of nitrogens with two attached hydrogens (primary N) is 1. The van der Waals surface area contributed by atoms with Crippen LogP contribution in [0, 0.1) is 5.82 Å². The predicted octanol–water partition coefficient (Wildman–Crippen LogP) is 3.09. The van der Waals surface area contributed by atoms with Crippen molar-refractivity contribution in [2.45, 2.75) is 24.6 Å². The highest BCUT2D eigenvalue weighted by atomic mass is 19.4. The van der Waals surface area contributed by atoms with Gasteiger partial charge in [-0.1, -0.05) is 0 Å². The Balaban J connectivity index is 2.23. The number of pyridine rings is 1. The van der Waals surface area contributed by atoms with Gasteiger partial charge in [0.2, 0.25) is 0 Å². The van der Waals surface area contributed by atoms with Gasteiger partial charge in [-0.2, -0.15) is 13.2 Å². The Bertz CT molecular complexity index is 788. The van der Waals surface area contributed by atoms with Crippen molar-refractivity contribution in [1.29, 1.82) is 0 Å². The van der Waals surface area contributed by atoms with Gasteiger partial charge >= 0.3 is 6.18 Å². The fraction of sp³-hybridized carbons (Fsp3) is 0.353. The third kappa shape index (κ3) is 3.19. The highest BCUT2D eigenvalue weighted by Gasteiger charge is 2.47. The first-order chi connectivity index (χ1) is 11.6. The van der Waals surface area contributed by atoms with Crippen LogP contribution in [0.15, 0.2) is 30.3 Å². The fourth-order valence-electron chi connectivity index (χ4n) is 2.67. The fourth-order valence-corrected chi connectivity index (χ4v) is 2.67. The first-order valence-electron chi connectivity index (χ1n) is 7.57. The van der Waals surface area contributed by atoms with Crippen LogP contribution in [-0.2, 0) is 5.60 Å². The van der Waals surface area contributed by atoms with Crippen LogP contribution in [0.5, 0.6) is 5.75 Å². The molecule has 3 rings (SSSR count). The summed E-state index contributed by atoms with van der Waals surface area (Å²) in [6.45, 7) is 0.580. The summed E-state index contributed by atoms with van der Waals surface area (Å²) < 4.78 is 58.3. The molecule has 0 fully saturated rings. The first-order valence-corrected chi connectivity index (χ1v) is 7.57. The Morgan fingerprint density at radius 3 is 2.48 bits per heavy atom. The Morgan fingerprint density at radius 1 is 1.28 bits per heavy atom. The van der Waals surface area contributed by atoms with E-state index in [0.29, 0.717) is 5.56 Å². The summed E-state index contributed by atoms with van der Waals surface area (Å²) in [6.07, 6.45) is -4.50. The van der Waals surface area contributed by atoms with Crippen molar-refractivity contribution in [1.82, 2.24) is 4.98 Å². The van der Waals surface area contributed by atoms with Gasteiger partial charge < -0.3 is 15.6 Å². The molecule has 0 saturated carbocycles. The Labute approximate surface area is 141 Å². The van der Waals surface area contributed by atoms with Crippen LogP contribution in [0.1, 0.15) is 24.1 Å². The molecule has 3 N–H and O–H groups in total. The number of rotatable bonds is 3. The number of benzene rings is 1. The molecule has 8 heteroatoms. The van der Waals surface area contributed by atoms with Gasteiger partial charge in [0.15, 0.2) is 0 Å². The van der Waals surface area contributed by atoms with E-state index >= 15 is 0 Å². The molecule has 2 atom stereocenters. The second kappa shape index (κ2) is 5.96. The van der Waals surface area contributed by atoms with Crippen LogP contribution in [0.2, 0.25) is 0 Å². The van der Waals surface area contributed by atoms with E-state index in [1.54, 1.807) is 0 Å². The van der Waals surface area contributed by atoms with E-state index in [-0.39, 0.29) is 29.2 Å². The monoisotopic (exact) mass is 356 g/mol. The van der Waals surface area contributed by atoms with Crippen LogP contribution in [0.4, 0.5) is 17.6 Å². The summed E-state index contributed by atoms with van der Waals surface area (Å²) in [5.41, 5.74) is 4.32. The van der Waals surface area contributed by atoms with Crippen molar-refractivity contribution >= 4 is 0 Å². The van der Waals surface area contributed by atoms with Crippen LogP contribution in [0.3, 0.4) is 0 Å². The molecule has 1 aromatic carbocycles. The summed E-state index contributed by atoms with van der Waals surface area (Å²) in [7, 11) is 0. The minimum atomic E-state index is -4.50. The Hall–Kier alpha value is -2.19. The molecule has 1 aromatic heterocycles. The Morgan fingerprint density at radius 2 is 1.92 bits per heavy atom. The van der Waals surface area contributed by atoms with Crippen LogP contribution < -0.4 is 10.5 Å². The number of hydrogen-bond donors (Lipinski definition) is 2. The van der Waals surface area contributed by atoms with Crippen molar-refractivity contribution in [2.75, 3.05) is 13.2 Å². The van der Waals surface area contributed by atoms with E-state index in [4.69, 9.17) is 10.5 Å². The van der Waals surface area contributed by atoms with Gasteiger partial charge in [-0.05, 0) is 37.3 Å². The SMILES string of the molecule is CC(O)(CN)c1cc2c(c(-c3ccc(F)cc3)n1)OC[C@H]2C(F)(F)F. The van der Waals surface area contributed by atoms with Gasteiger partial charge in [0.25, 0.3) is 0 Å². The van der Waals surface area contributed by atoms with Crippen molar-refractivity contribution in [3.63, 3.8) is 0 Å². The third-order valence-corrected chi connectivity index (χ3v) is 4.23.